The third-order valence-corrected chi connectivity index (χ3v) is 5.50. The van der Waals surface area contributed by atoms with Gasteiger partial charge in [-0.2, -0.15) is 5.21 Å². The largest absolute Gasteiger partial charge is 0.488 e. The molecule has 3 aromatic carbocycles. The molecule has 1 N–H and O–H groups in total. The molecule has 33 heavy (non-hydrogen) atoms. The molecule has 0 aliphatic carbocycles. The Bertz CT molecular complexity index is 1370. The second-order valence-electron chi connectivity index (χ2n) is 7.86. The van der Waals surface area contributed by atoms with Crippen LogP contribution in [0.5, 0.6) is 5.75 Å². The van der Waals surface area contributed by atoms with Crippen molar-refractivity contribution in [1.82, 2.24) is 25.6 Å². The summed E-state index contributed by atoms with van der Waals surface area (Å²) in [5.41, 5.74) is 8.03. The Kier molecular flexibility index (Phi) is 5.64. The lowest BCUT2D eigenvalue weighted by Crippen LogP contribution is -2.01. The molecule has 0 radical (unpaired) electrons. The fourth-order valence-corrected chi connectivity index (χ4v) is 4.04. The summed E-state index contributed by atoms with van der Waals surface area (Å²) in [5, 5.41) is 14.7. The minimum Gasteiger partial charge on any atom is -0.488 e. The number of ether oxygens (including phenoxy) is 1. The van der Waals surface area contributed by atoms with Gasteiger partial charge in [0.2, 0.25) is 5.82 Å². The van der Waals surface area contributed by atoms with Crippen LogP contribution in [0.3, 0.4) is 0 Å². The summed E-state index contributed by atoms with van der Waals surface area (Å²) in [4.78, 5) is 4.65. The summed E-state index contributed by atoms with van der Waals surface area (Å²) in [6.45, 7) is 4.41. The summed E-state index contributed by atoms with van der Waals surface area (Å²) in [6.07, 6.45) is 0. The van der Waals surface area contributed by atoms with Crippen molar-refractivity contribution in [3.05, 3.63) is 102 Å². The first-order chi connectivity index (χ1) is 16.2. The quantitative estimate of drug-likeness (QED) is 0.367. The van der Waals surface area contributed by atoms with Crippen molar-refractivity contribution in [2.75, 3.05) is 0 Å². The molecular weight excluding hydrogens is 410 g/mol. The number of rotatable bonds is 6. The van der Waals surface area contributed by atoms with Crippen molar-refractivity contribution in [2.24, 2.45) is 0 Å². The van der Waals surface area contributed by atoms with Gasteiger partial charge in [-0.05, 0) is 47.4 Å². The predicted octanol–water partition coefficient (Wildman–Crippen LogP) is 5.79. The molecule has 2 aromatic heterocycles. The molecule has 0 aliphatic heterocycles. The first-order valence-electron chi connectivity index (χ1n) is 10.8. The molecule has 6 heteroatoms. The summed E-state index contributed by atoms with van der Waals surface area (Å²) >= 11 is 0. The second-order valence-corrected chi connectivity index (χ2v) is 7.86. The number of nitrogens with one attached hydrogen (secondary N) is 1. The Hall–Kier alpha value is -4.32. The summed E-state index contributed by atoms with van der Waals surface area (Å²) in [5.74, 6) is 1.37. The number of tetrazole rings is 1. The van der Waals surface area contributed by atoms with Gasteiger partial charge in [0.05, 0.1) is 0 Å². The first kappa shape index (κ1) is 20.6. The fraction of sp³-hybridized carbons (Fsp3) is 0.111. The van der Waals surface area contributed by atoms with E-state index in [9.17, 15) is 0 Å². The number of benzene rings is 3. The van der Waals surface area contributed by atoms with E-state index in [4.69, 9.17) is 4.74 Å². The Morgan fingerprint density at radius 2 is 1.52 bits per heavy atom. The van der Waals surface area contributed by atoms with E-state index in [1.807, 2.05) is 56.3 Å². The molecule has 6 nitrogen and oxygen atoms in total. The Morgan fingerprint density at radius 3 is 2.21 bits per heavy atom. The number of aromatic nitrogens is 5. The van der Waals surface area contributed by atoms with Gasteiger partial charge in [-0.15, -0.1) is 10.2 Å². The van der Waals surface area contributed by atoms with Crippen molar-refractivity contribution in [3.63, 3.8) is 0 Å². The molecule has 0 atom stereocenters. The molecule has 5 aromatic rings. The molecule has 0 spiro atoms. The minimum absolute atomic E-state index is 0.405. The third-order valence-electron chi connectivity index (χ3n) is 5.50. The second kappa shape index (κ2) is 9.04. The number of aromatic amines is 1. The smallest absolute Gasteiger partial charge is 0.205 e. The predicted molar refractivity (Wildman–Crippen MR) is 129 cm³/mol. The number of nitrogens with zero attached hydrogens (tertiary/aromatic N) is 4. The van der Waals surface area contributed by atoms with E-state index in [1.165, 1.54) is 0 Å². The summed E-state index contributed by atoms with van der Waals surface area (Å²) in [6, 6.07) is 28.6. The highest BCUT2D eigenvalue weighted by atomic mass is 16.5. The van der Waals surface area contributed by atoms with Gasteiger partial charge in [-0.25, -0.2) is 0 Å². The molecular formula is C27H23N5O. The molecule has 0 fully saturated rings. The lowest BCUT2D eigenvalue weighted by Gasteiger charge is -2.16. The van der Waals surface area contributed by atoms with Crippen molar-refractivity contribution < 1.29 is 4.74 Å². The molecule has 0 unspecified atom stereocenters. The standard InChI is InChI=1S/C27H23N5O/c1-18-15-25(26(19(2)28-18)22-11-7-4-8-12-22)33-17-20-13-14-23(21-9-5-3-6-10-21)24(16-20)27-29-31-32-30-27/h3-16H,17H2,1-2H3,(H,29,30,31,32). The van der Waals surface area contributed by atoms with Gasteiger partial charge in [-0.1, -0.05) is 72.8 Å². The van der Waals surface area contributed by atoms with Crippen LogP contribution in [0.4, 0.5) is 0 Å². The lowest BCUT2D eigenvalue weighted by molar-refractivity contribution is 0.307. The Balaban J connectivity index is 1.50. The molecule has 0 saturated carbocycles. The van der Waals surface area contributed by atoms with E-state index in [0.717, 1.165) is 50.5 Å². The van der Waals surface area contributed by atoms with Gasteiger partial charge < -0.3 is 4.74 Å². The number of aryl methyl sites for hydroxylation is 2. The normalized spacial score (nSPS) is 10.8. The highest BCUT2D eigenvalue weighted by Crippen LogP contribution is 2.35. The van der Waals surface area contributed by atoms with Crippen LogP contribution in [0.15, 0.2) is 84.9 Å². The highest BCUT2D eigenvalue weighted by molar-refractivity contribution is 5.81. The van der Waals surface area contributed by atoms with E-state index >= 15 is 0 Å². The minimum atomic E-state index is 0.405. The number of H-pyrrole nitrogens is 1. The van der Waals surface area contributed by atoms with Crippen LogP contribution < -0.4 is 4.74 Å². The molecule has 0 saturated heterocycles. The zero-order valence-corrected chi connectivity index (χ0v) is 18.5. The van der Waals surface area contributed by atoms with Crippen LogP contribution in [0.2, 0.25) is 0 Å². The summed E-state index contributed by atoms with van der Waals surface area (Å²) in [7, 11) is 0. The Morgan fingerprint density at radius 1 is 0.788 bits per heavy atom. The zero-order chi connectivity index (χ0) is 22.6. The van der Waals surface area contributed by atoms with Gasteiger partial charge in [0, 0.05) is 28.6 Å². The number of hydrogen-bond donors (Lipinski definition) is 1. The van der Waals surface area contributed by atoms with E-state index < -0.39 is 0 Å². The fourth-order valence-electron chi connectivity index (χ4n) is 4.04. The first-order valence-corrected chi connectivity index (χ1v) is 10.8. The van der Waals surface area contributed by atoms with E-state index in [2.05, 4.69) is 68.1 Å². The molecule has 0 bridgehead atoms. The van der Waals surface area contributed by atoms with Crippen LogP contribution in [0, 0.1) is 13.8 Å². The van der Waals surface area contributed by atoms with Crippen molar-refractivity contribution in [3.8, 4) is 39.4 Å². The Labute approximate surface area is 192 Å². The van der Waals surface area contributed by atoms with Crippen molar-refractivity contribution in [2.45, 2.75) is 20.5 Å². The third kappa shape index (κ3) is 4.36. The van der Waals surface area contributed by atoms with Gasteiger partial charge in [-0.3, -0.25) is 4.98 Å². The maximum absolute atomic E-state index is 6.35. The van der Waals surface area contributed by atoms with Gasteiger partial charge >= 0.3 is 0 Å². The summed E-state index contributed by atoms with van der Waals surface area (Å²) < 4.78 is 6.35. The molecule has 162 valence electrons. The SMILES string of the molecule is Cc1cc(OCc2ccc(-c3ccccc3)c(-c3nn[nH]n3)c2)c(-c2ccccc2)c(C)n1. The molecule has 0 aliphatic rings. The van der Waals surface area contributed by atoms with Crippen LogP contribution in [0.25, 0.3) is 33.6 Å². The molecule has 2 heterocycles. The van der Waals surface area contributed by atoms with Crippen LogP contribution >= 0.6 is 0 Å². The van der Waals surface area contributed by atoms with Gasteiger partial charge in [0.25, 0.3) is 0 Å². The van der Waals surface area contributed by atoms with E-state index in [-0.39, 0.29) is 0 Å². The maximum Gasteiger partial charge on any atom is 0.205 e. The molecule has 0 amide bonds. The van der Waals surface area contributed by atoms with Crippen LogP contribution in [0.1, 0.15) is 17.0 Å². The van der Waals surface area contributed by atoms with Crippen molar-refractivity contribution >= 4 is 0 Å². The van der Waals surface area contributed by atoms with Crippen LogP contribution in [-0.2, 0) is 6.61 Å². The maximum atomic E-state index is 6.35. The lowest BCUT2D eigenvalue weighted by atomic mass is 9.97. The van der Waals surface area contributed by atoms with Gasteiger partial charge in [0.15, 0.2) is 0 Å². The number of hydrogen-bond acceptors (Lipinski definition) is 5. The molecule has 5 rings (SSSR count). The topological polar surface area (TPSA) is 76.6 Å². The van der Waals surface area contributed by atoms with Crippen molar-refractivity contribution in [1.29, 1.82) is 0 Å². The number of pyridine rings is 1. The van der Waals surface area contributed by atoms with E-state index in [1.54, 1.807) is 0 Å². The average molecular weight is 434 g/mol. The van der Waals surface area contributed by atoms with E-state index in [0.29, 0.717) is 12.4 Å². The van der Waals surface area contributed by atoms with Crippen LogP contribution in [-0.4, -0.2) is 25.6 Å². The van der Waals surface area contributed by atoms with Gasteiger partial charge in [0.1, 0.15) is 12.4 Å². The highest BCUT2D eigenvalue weighted by Gasteiger charge is 2.15. The monoisotopic (exact) mass is 433 g/mol. The average Bonchev–Trinajstić information content (AvgIpc) is 3.38. The zero-order valence-electron chi connectivity index (χ0n) is 18.5.